The van der Waals surface area contributed by atoms with Gasteiger partial charge in [0.05, 0.1) is 6.61 Å². The Morgan fingerprint density at radius 2 is 1.74 bits per heavy atom. The van der Waals surface area contributed by atoms with Crippen LogP contribution in [0, 0.1) is 0 Å². The van der Waals surface area contributed by atoms with Crippen LogP contribution in [0.5, 0.6) is 0 Å². The third kappa shape index (κ3) is 5.89. The van der Waals surface area contributed by atoms with Gasteiger partial charge in [-0.25, -0.2) is 0 Å². The number of nitrogens with two attached hydrogens (primary N) is 1. The number of hydrogen-bond acceptors (Lipinski definition) is 4. The van der Waals surface area contributed by atoms with E-state index >= 15 is 0 Å². The number of rotatable bonds is 8. The third-order valence-electron chi connectivity index (χ3n) is 4.84. The van der Waals surface area contributed by atoms with E-state index in [-0.39, 0.29) is 5.91 Å². The van der Waals surface area contributed by atoms with Crippen molar-refractivity contribution in [3.63, 3.8) is 0 Å². The zero-order chi connectivity index (χ0) is 18.9. The van der Waals surface area contributed by atoms with Crippen molar-refractivity contribution in [2.24, 2.45) is 5.73 Å². The van der Waals surface area contributed by atoms with Crippen molar-refractivity contribution >= 4 is 5.91 Å². The number of carbonyl (C=O) groups excluding carboxylic acids is 1. The Bertz CT molecular complexity index is 693. The van der Waals surface area contributed by atoms with E-state index in [2.05, 4.69) is 17.0 Å². The van der Waals surface area contributed by atoms with Gasteiger partial charge >= 0.3 is 0 Å². The molecule has 5 heteroatoms. The number of morpholine rings is 1. The van der Waals surface area contributed by atoms with Gasteiger partial charge in [-0.15, -0.1) is 0 Å². The van der Waals surface area contributed by atoms with Crippen LogP contribution in [-0.4, -0.2) is 54.6 Å². The molecule has 1 atom stereocenters. The van der Waals surface area contributed by atoms with Gasteiger partial charge in [-0.3, -0.25) is 9.69 Å². The topological polar surface area (TPSA) is 58.8 Å². The first-order valence-electron chi connectivity index (χ1n) is 9.67. The maximum Gasteiger partial charge on any atom is 0.253 e. The van der Waals surface area contributed by atoms with Crippen LogP contribution < -0.4 is 5.73 Å². The summed E-state index contributed by atoms with van der Waals surface area (Å²) in [5.74, 6) is 0.0602. The molecule has 5 nitrogen and oxygen atoms in total. The molecule has 1 aliphatic rings. The summed E-state index contributed by atoms with van der Waals surface area (Å²) in [6.45, 7) is 4.72. The first-order chi connectivity index (χ1) is 13.3. The van der Waals surface area contributed by atoms with Crippen molar-refractivity contribution in [3.05, 3.63) is 71.8 Å². The molecule has 1 amide bonds. The predicted molar refractivity (Wildman–Crippen MR) is 107 cm³/mol. The molecule has 1 aliphatic heterocycles. The van der Waals surface area contributed by atoms with E-state index in [1.54, 1.807) is 0 Å². The van der Waals surface area contributed by atoms with Gasteiger partial charge in [-0.1, -0.05) is 60.7 Å². The molecule has 1 fully saturated rings. The van der Waals surface area contributed by atoms with Crippen LogP contribution in [0.3, 0.4) is 0 Å². The van der Waals surface area contributed by atoms with E-state index in [0.717, 1.165) is 25.1 Å². The van der Waals surface area contributed by atoms with Crippen molar-refractivity contribution in [2.75, 3.05) is 32.8 Å². The van der Waals surface area contributed by atoms with Crippen molar-refractivity contribution in [3.8, 4) is 0 Å². The Labute approximate surface area is 161 Å². The highest BCUT2D eigenvalue weighted by molar-refractivity contribution is 5.81. The zero-order valence-electron chi connectivity index (χ0n) is 15.8. The van der Waals surface area contributed by atoms with Crippen LogP contribution >= 0.6 is 0 Å². The van der Waals surface area contributed by atoms with Gasteiger partial charge < -0.3 is 15.4 Å². The van der Waals surface area contributed by atoms with Gasteiger partial charge in [-0.2, -0.15) is 0 Å². The van der Waals surface area contributed by atoms with Crippen molar-refractivity contribution < 1.29 is 9.53 Å². The molecule has 2 aromatic carbocycles. The Balaban J connectivity index is 1.63. The van der Waals surface area contributed by atoms with Crippen LogP contribution in [0.4, 0.5) is 0 Å². The molecule has 0 radical (unpaired) electrons. The summed E-state index contributed by atoms with van der Waals surface area (Å²) in [6, 6.07) is 20.4. The third-order valence-corrected chi connectivity index (χ3v) is 4.84. The minimum atomic E-state index is -0.413. The maximum atomic E-state index is 13.1. The molecule has 0 aliphatic carbocycles. The summed E-state index contributed by atoms with van der Waals surface area (Å²) in [4.78, 5) is 17.3. The van der Waals surface area contributed by atoms with Gasteiger partial charge in [0, 0.05) is 32.7 Å². The highest BCUT2D eigenvalue weighted by Gasteiger charge is 2.30. The smallest absolute Gasteiger partial charge is 0.253 e. The lowest BCUT2D eigenvalue weighted by atomic mass is 10.1. The van der Waals surface area contributed by atoms with Gasteiger partial charge in [0.2, 0.25) is 0 Å². The van der Waals surface area contributed by atoms with Crippen LogP contribution in [0.2, 0.25) is 0 Å². The molecule has 0 bridgehead atoms. The Kier molecular flexibility index (Phi) is 7.39. The monoisotopic (exact) mass is 367 g/mol. The average Bonchev–Trinajstić information content (AvgIpc) is 2.72. The molecule has 0 spiro atoms. The second-order valence-electron chi connectivity index (χ2n) is 6.97. The Morgan fingerprint density at radius 3 is 2.41 bits per heavy atom. The standard InChI is InChI=1S/C22H29N3O2/c23-12-7-13-25(17-20-10-5-2-6-11-20)22(26)21-18-24(14-15-27-21)16-19-8-3-1-4-9-19/h1-6,8-11,21H,7,12-18,23H2. The minimum absolute atomic E-state index is 0.0602. The normalized spacial score (nSPS) is 17.6. The fraction of sp³-hybridized carbons (Fsp3) is 0.409. The Hall–Kier alpha value is -2.21. The molecular formula is C22H29N3O2. The second-order valence-corrected chi connectivity index (χ2v) is 6.97. The van der Waals surface area contributed by atoms with Gasteiger partial charge in [-0.05, 0) is 24.1 Å². The minimum Gasteiger partial charge on any atom is -0.366 e. The summed E-state index contributed by atoms with van der Waals surface area (Å²) in [7, 11) is 0. The number of hydrogen-bond donors (Lipinski definition) is 1. The van der Waals surface area contributed by atoms with E-state index in [4.69, 9.17) is 10.5 Å². The van der Waals surface area contributed by atoms with Crippen LogP contribution in [0.25, 0.3) is 0 Å². The van der Waals surface area contributed by atoms with Crippen LogP contribution in [0.15, 0.2) is 60.7 Å². The number of carbonyl (C=O) groups is 1. The molecule has 2 aromatic rings. The summed E-state index contributed by atoms with van der Waals surface area (Å²) >= 11 is 0. The van der Waals surface area contributed by atoms with E-state index in [1.807, 2.05) is 53.4 Å². The van der Waals surface area contributed by atoms with Gasteiger partial charge in [0.1, 0.15) is 6.10 Å². The fourth-order valence-corrected chi connectivity index (χ4v) is 3.39. The van der Waals surface area contributed by atoms with E-state index in [0.29, 0.717) is 32.8 Å². The largest absolute Gasteiger partial charge is 0.366 e. The lowest BCUT2D eigenvalue weighted by molar-refractivity contribution is -0.150. The van der Waals surface area contributed by atoms with E-state index in [9.17, 15) is 4.79 Å². The van der Waals surface area contributed by atoms with Gasteiger partial charge in [0.15, 0.2) is 0 Å². The molecule has 2 N–H and O–H groups in total. The SMILES string of the molecule is NCCCN(Cc1ccccc1)C(=O)C1CN(Cc2ccccc2)CCO1. The molecule has 3 rings (SSSR count). The van der Waals surface area contributed by atoms with Crippen molar-refractivity contribution in [1.82, 2.24) is 9.80 Å². The molecule has 144 valence electrons. The number of nitrogens with zero attached hydrogens (tertiary/aromatic N) is 2. The maximum absolute atomic E-state index is 13.1. The van der Waals surface area contributed by atoms with Crippen molar-refractivity contribution in [1.29, 1.82) is 0 Å². The lowest BCUT2D eigenvalue weighted by Crippen LogP contribution is -2.50. The summed E-state index contributed by atoms with van der Waals surface area (Å²) in [5.41, 5.74) is 8.06. The van der Waals surface area contributed by atoms with Crippen LogP contribution in [0.1, 0.15) is 17.5 Å². The number of benzene rings is 2. The molecule has 27 heavy (non-hydrogen) atoms. The highest BCUT2D eigenvalue weighted by atomic mass is 16.5. The van der Waals surface area contributed by atoms with Crippen LogP contribution in [-0.2, 0) is 22.6 Å². The number of ether oxygens (including phenoxy) is 1. The molecule has 1 unspecified atom stereocenters. The van der Waals surface area contributed by atoms with E-state index in [1.165, 1.54) is 5.56 Å². The average molecular weight is 367 g/mol. The summed E-state index contributed by atoms with van der Waals surface area (Å²) < 4.78 is 5.84. The first kappa shape index (κ1) is 19.5. The molecule has 1 heterocycles. The molecule has 0 aromatic heterocycles. The summed E-state index contributed by atoms with van der Waals surface area (Å²) in [6.07, 6.45) is 0.378. The van der Waals surface area contributed by atoms with E-state index < -0.39 is 6.10 Å². The zero-order valence-corrected chi connectivity index (χ0v) is 15.8. The second kappa shape index (κ2) is 10.2. The highest BCUT2D eigenvalue weighted by Crippen LogP contribution is 2.14. The van der Waals surface area contributed by atoms with Crippen molar-refractivity contribution in [2.45, 2.75) is 25.6 Å². The molecule has 1 saturated heterocycles. The molecular weight excluding hydrogens is 338 g/mol. The Morgan fingerprint density at radius 1 is 1.07 bits per heavy atom. The quantitative estimate of drug-likeness (QED) is 0.778. The van der Waals surface area contributed by atoms with Gasteiger partial charge in [0.25, 0.3) is 5.91 Å². The fourth-order valence-electron chi connectivity index (χ4n) is 3.39. The molecule has 0 saturated carbocycles. The first-order valence-corrected chi connectivity index (χ1v) is 9.67. The summed E-state index contributed by atoms with van der Waals surface area (Å²) in [5, 5.41) is 0. The number of amides is 1. The predicted octanol–water partition coefficient (Wildman–Crippen LogP) is 2.26. The lowest BCUT2D eigenvalue weighted by Gasteiger charge is -2.35.